The molecule has 112 valence electrons. The van der Waals surface area contributed by atoms with E-state index in [4.69, 9.17) is 0 Å². The molecule has 2 nitrogen and oxygen atoms in total. The zero-order chi connectivity index (χ0) is 15.3. The topological polar surface area (TPSA) is 32.3 Å². The van der Waals surface area contributed by atoms with Gasteiger partial charge < -0.3 is 10.4 Å². The van der Waals surface area contributed by atoms with Gasteiger partial charge in [0.1, 0.15) is 0 Å². The molecule has 0 heterocycles. The van der Waals surface area contributed by atoms with Crippen molar-refractivity contribution >= 4 is 0 Å². The van der Waals surface area contributed by atoms with Gasteiger partial charge in [0.05, 0.1) is 6.10 Å². The average molecular weight is 283 g/mol. The molecule has 0 bridgehead atoms. The minimum atomic E-state index is -0.458. The molecule has 1 unspecified atom stereocenters. The van der Waals surface area contributed by atoms with E-state index in [9.17, 15) is 5.11 Å². The minimum Gasteiger partial charge on any atom is -0.387 e. The first-order valence-electron chi connectivity index (χ1n) is 7.50. The zero-order valence-corrected chi connectivity index (χ0v) is 13.1. The standard InChI is InChI=1S/C19H25NO/c1-19(2,3)17-11-9-15(10-12-17)13-20-14-18(21)16-7-5-4-6-8-16/h4-12,18,20-21H,13-14H2,1-3H3. The Balaban J connectivity index is 1.84. The fourth-order valence-corrected chi connectivity index (χ4v) is 2.27. The van der Waals surface area contributed by atoms with E-state index in [2.05, 4.69) is 50.4 Å². The number of rotatable bonds is 5. The summed E-state index contributed by atoms with van der Waals surface area (Å²) in [5.41, 5.74) is 3.72. The molecule has 2 rings (SSSR count). The van der Waals surface area contributed by atoms with Crippen molar-refractivity contribution in [1.29, 1.82) is 0 Å². The highest BCUT2D eigenvalue weighted by Crippen LogP contribution is 2.22. The maximum atomic E-state index is 10.1. The first-order valence-corrected chi connectivity index (χ1v) is 7.50. The van der Waals surface area contributed by atoms with Gasteiger partial charge in [0, 0.05) is 13.1 Å². The summed E-state index contributed by atoms with van der Waals surface area (Å²) < 4.78 is 0. The van der Waals surface area contributed by atoms with Gasteiger partial charge in [0.25, 0.3) is 0 Å². The number of aliphatic hydroxyl groups excluding tert-OH is 1. The van der Waals surface area contributed by atoms with Crippen molar-refractivity contribution in [3.63, 3.8) is 0 Å². The average Bonchev–Trinajstić information content (AvgIpc) is 2.47. The van der Waals surface area contributed by atoms with Gasteiger partial charge in [-0.15, -0.1) is 0 Å². The van der Waals surface area contributed by atoms with Crippen molar-refractivity contribution in [3.05, 3.63) is 71.3 Å². The zero-order valence-electron chi connectivity index (χ0n) is 13.1. The van der Waals surface area contributed by atoms with Crippen LogP contribution in [0.2, 0.25) is 0 Å². The van der Waals surface area contributed by atoms with Gasteiger partial charge in [0.15, 0.2) is 0 Å². The van der Waals surface area contributed by atoms with E-state index in [0.29, 0.717) is 6.54 Å². The quantitative estimate of drug-likeness (QED) is 0.874. The number of hydrogen-bond donors (Lipinski definition) is 2. The second kappa shape index (κ2) is 6.88. The van der Waals surface area contributed by atoms with Crippen molar-refractivity contribution in [1.82, 2.24) is 5.32 Å². The molecule has 0 aromatic heterocycles. The van der Waals surface area contributed by atoms with E-state index < -0.39 is 6.10 Å². The molecule has 0 aliphatic rings. The molecule has 0 aliphatic heterocycles. The Hall–Kier alpha value is -1.64. The van der Waals surface area contributed by atoms with Gasteiger partial charge >= 0.3 is 0 Å². The molecule has 0 fully saturated rings. The molecule has 1 atom stereocenters. The largest absolute Gasteiger partial charge is 0.387 e. The summed E-state index contributed by atoms with van der Waals surface area (Å²) in [6.07, 6.45) is -0.458. The summed E-state index contributed by atoms with van der Waals surface area (Å²) in [5, 5.41) is 13.4. The second-order valence-corrected chi connectivity index (χ2v) is 6.50. The van der Waals surface area contributed by atoms with Gasteiger partial charge in [-0.25, -0.2) is 0 Å². The minimum absolute atomic E-state index is 0.190. The van der Waals surface area contributed by atoms with Crippen LogP contribution in [-0.4, -0.2) is 11.7 Å². The Morgan fingerprint density at radius 3 is 2.14 bits per heavy atom. The summed E-state index contributed by atoms with van der Waals surface area (Å²) >= 11 is 0. The van der Waals surface area contributed by atoms with Crippen molar-refractivity contribution in [2.75, 3.05) is 6.54 Å². The molecule has 2 heteroatoms. The molecule has 0 saturated carbocycles. The predicted octanol–water partition coefficient (Wildman–Crippen LogP) is 3.81. The van der Waals surface area contributed by atoms with E-state index >= 15 is 0 Å². The van der Waals surface area contributed by atoms with Crippen LogP contribution in [0.25, 0.3) is 0 Å². The van der Waals surface area contributed by atoms with Crippen LogP contribution in [0.5, 0.6) is 0 Å². The third-order valence-corrected chi connectivity index (χ3v) is 3.67. The van der Waals surface area contributed by atoms with Gasteiger partial charge in [-0.1, -0.05) is 75.4 Å². The third-order valence-electron chi connectivity index (χ3n) is 3.67. The summed E-state index contributed by atoms with van der Waals surface area (Å²) in [6, 6.07) is 18.4. The van der Waals surface area contributed by atoms with Crippen molar-refractivity contribution in [2.24, 2.45) is 0 Å². The van der Waals surface area contributed by atoms with Crippen LogP contribution in [0.4, 0.5) is 0 Å². The molecule has 0 saturated heterocycles. The maximum absolute atomic E-state index is 10.1. The van der Waals surface area contributed by atoms with E-state index in [0.717, 1.165) is 12.1 Å². The lowest BCUT2D eigenvalue weighted by Crippen LogP contribution is -2.21. The Kier molecular flexibility index (Phi) is 5.16. The fraction of sp³-hybridized carbons (Fsp3) is 0.368. The Morgan fingerprint density at radius 2 is 1.57 bits per heavy atom. The highest BCUT2D eigenvalue weighted by molar-refractivity contribution is 5.27. The molecule has 0 aliphatic carbocycles. The molecular formula is C19H25NO. The molecule has 0 amide bonds. The smallest absolute Gasteiger partial charge is 0.0914 e. The fourth-order valence-electron chi connectivity index (χ4n) is 2.27. The van der Waals surface area contributed by atoms with Crippen LogP contribution in [0, 0.1) is 0 Å². The SMILES string of the molecule is CC(C)(C)c1ccc(CNCC(O)c2ccccc2)cc1. The van der Waals surface area contributed by atoms with Crippen molar-refractivity contribution in [2.45, 2.75) is 38.8 Å². The molecule has 0 spiro atoms. The lowest BCUT2D eigenvalue weighted by atomic mass is 9.87. The van der Waals surface area contributed by atoms with Crippen molar-refractivity contribution in [3.8, 4) is 0 Å². The van der Waals surface area contributed by atoms with E-state index in [1.807, 2.05) is 30.3 Å². The van der Waals surface area contributed by atoms with Crippen LogP contribution in [0.3, 0.4) is 0 Å². The van der Waals surface area contributed by atoms with Gasteiger partial charge in [-0.3, -0.25) is 0 Å². The van der Waals surface area contributed by atoms with Crippen molar-refractivity contribution < 1.29 is 5.11 Å². The molecule has 0 radical (unpaired) electrons. The van der Waals surface area contributed by atoms with Gasteiger partial charge in [0.2, 0.25) is 0 Å². The van der Waals surface area contributed by atoms with E-state index in [1.165, 1.54) is 11.1 Å². The summed E-state index contributed by atoms with van der Waals surface area (Å²) in [4.78, 5) is 0. The van der Waals surface area contributed by atoms with Gasteiger partial charge in [-0.2, -0.15) is 0 Å². The van der Waals surface area contributed by atoms with Crippen LogP contribution in [0.15, 0.2) is 54.6 Å². The number of nitrogens with one attached hydrogen (secondary N) is 1. The monoisotopic (exact) mass is 283 g/mol. The Bertz CT molecular complexity index is 540. The second-order valence-electron chi connectivity index (χ2n) is 6.50. The normalized spacial score (nSPS) is 13.1. The van der Waals surface area contributed by atoms with Crippen LogP contribution >= 0.6 is 0 Å². The first kappa shape index (κ1) is 15.7. The molecule has 2 aromatic rings. The number of aliphatic hydroxyl groups is 1. The molecule has 21 heavy (non-hydrogen) atoms. The Morgan fingerprint density at radius 1 is 0.952 bits per heavy atom. The lowest BCUT2D eigenvalue weighted by molar-refractivity contribution is 0.174. The van der Waals surface area contributed by atoms with Crippen LogP contribution in [-0.2, 0) is 12.0 Å². The molecular weight excluding hydrogens is 258 g/mol. The maximum Gasteiger partial charge on any atom is 0.0914 e. The lowest BCUT2D eigenvalue weighted by Gasteiger charge is -2.19. The van der Waals surface area contributed by atoms with E-state index in [-0.39, 0.29) is 5.41 Å². The summed E-state index contributed by atoms with van der Waals surface area (Å²) in [7, 11) is 0. The highest BCUT2D eigenvalue weighted by Gasteiger charge is 2.12. The number of benzene rings is 2. The molecule has 2 aromatic carbocycles. The first-order chi connectivity index (χ1) is 9.97. The number of hydrogen-bond acceptors (Lipinski definition) is 2. The van der Waals surface area contributed by atoms with Crippen LogP contribution < -0.4 is 5.32 Å². The summed E-state index contributed by atoms with van der Waals surface area (Å²) in [5.74, 6) is 0. The van der Waals surface area contributed by atoms with Gasteiger partial charge in [-0.05, 0) is 22.1 Å². The van der Waals surface area contributed by atoms with E-state index in [1.54, 1.807) is 0 Å². The predicted molar refractivity (Wildman–Crippen MR) is 88.3 cm³/mol. The molecule has 2 N–H and O–H groups in total. The highest BCUT2D eigenvalue weighted by atomic mass is 16.3. The summed E-state index contributed by atoms with van der Waals surface area (Å²) in [6.45, 7) is 7.99. The third kappa shape index (κ3) is 4.69. The van der Waals surface area contributed by atoms with Crippen LogP contribution in [0.1, 0.15) is 43.6 Å². The Labute approximate surface area is 127 Å².